The zero-order valence-corrected chi connectivity index (χ0v) is 13.7. The minimum atomic E-state index is 0.629. The molecular formula is C17H33N3O. The first kappa shape index (κ1) is 15.7. The summed E-state index contributed by atoms with van der Waals surface area (Å²) in [6.45, 7) is 11.8. The van der Waals surface area contributed by atoms with Crippen molar-refractivity contribution in [2.45, 2.75) is 51.1 Å². The van der Waals surface area contributed by atoms with Crippen LogP contribution in [0.15, 0.2) is 0 Å². The van der Waals surface area contributed by atoms with Crippen LogP contribution in [0.3, 0.4) is 0 Å². The van der Waals surface area contributed by atoms with E-state index in [1.807, 2.05) is 0 Å². The van der Waals surface area contributed by atoms with Crippen LogP contribution in [-0.4, -0.2) is 74.4 Å². The normalized spacial score (nSPS) is 33.0. The van der Waals surface area contributed by atoms with Crippen molar-refractivity contribution in [3.8, 4) is 0 Å². The minimum Gasteiger partial charge on any atom is -0.381 e. The van der Waals surface area contributed by atoms with Gasteiger partial charge in [-0.15, -0.1) is 0 Å². The van der Waals surface area contributed by atoms with E-state index in [4.69, 9.17) is 4.74 Å². The van der Waals surface area contributed by atoms with Crippen LogP contribution >= 0.6 is 0 Å². The molecule has 4 nitrogen and oxygen atoms in total. The molecular weight excluding hydrogens is 262 g/mol. The van der Waals surface area contributed by atoms with Gasteiger partial charge in [-0.2, -0.15) is 0 Å². The molecule has 3 fully saturated rings. The number of nitrogens with one attached hydrogen (secondary N) is 1. The van der Waals surface area contributed by atoms with Crippen LogP contribution in [0.2, 0.25) is 0 Å². The molecule has 21 heavy (non-hydrogen) atoms. The minimum absolute atomic E-state index is 0.629. The Hall–Kier alpha value is -0.160. The van der Waals surface area contributed by atoms with Crippen molar-refractivity contribution in [2.75, 3.05) is 52.5 Å². The number of ether oxygens (including phenoxy) is 1. The maximum Gasteiger partial charge on any atom is 0.0510 e. The van der Waals surface area contributed by atoms with Crippen molar-refractivity contribution in [1.29, 1.82) is 0 Å². The van der Waals surface area contributed by atoms with E-state index in [-0.39, 0.29) is 0 Å². The molecule has 0 bridgehead atoms. The zero-order valence-electron chi connectivity index (χ0n) is 13.7. The van der Waals surface area contributed by atoms with Crippen molar-refractivity contribution < 1.29 is 4.74 Å². The summed E-state index contributed by atoms with van der Waals surface area (Å²) in [4.78, 5) is 5.43. The lowest BCUT2D eigenvalue weighted by Crippen LogP contribution is -2.46. The summed E-state index contributed by atoms with van der Waals surface area (Å²) < 4.78 is 5.62. The summed E-state index contributed by atoms with van der Waals surface area (Å²) >= 11 is 0. The van der Waals surface area contributed by atoms with Gasteiger partial charge in [0.15, 0.2) is 0 Å². The lowest BCUT2D eigenvalue weighted by molar-refractivity contribution is 0.163. The highest BCUT2D eigenvalue weighted by molar-refractivity contribution is 4.89. The van der Waals surface area contributed by atoms with Gasteiger partial charge in [-0.25, -0.2) is 0 Å². The molecule has 0 saturated carbocycles. The second kappa shape index (κ2) is 7.91. The Bertz CT molecular complexity index is 300. The van der Waals surface area contributed by atoms with E-state index in [9.17, 15) is 0 Å². The Labute approximate surface area is 130 Å². The molecule has 0 aliphatic carbocycles. The van der Waals surface area contributed by atoms with Crippen molar-refractivity contribution >= 4 is 0 Å². The molecule has 0 amide bonds. The SMILES string of the molecule is CCCNC(CN1CCC(N2CCCC2)C1)C1CCOC1. The molecule has 1 N–H and O–H groups in total. The van der Waals surface area contributed by atoms with Crippen LogP contribution in [0.5, 0.6) is 0 Å². The van der Waals surface area contributed by atoms with Gasteiger partial charge in [0.25, 0.3) is 0 Å². The van der Waals surface area contributed by atoms with Gasteiger partial charge in [-0.1, -0.05) is 6.92 Å². The van der Waals surface area contributed by atoms with Crippen LogP contribution in [-0.2, 0) is 4.74 Å². The summed E-state index contributed by atoms with van der Waals surface area (Å²) in [5.74, 6) is 0.724. The van der Waals surface area contributed by atoms with Crippen LogP contribution in [0.25, 0.3) is 0 Å². The van der Waals surface area contributed by atoms with E-state index in [1.165, 1.54) is 64.8 Å². The molecule has 3 atom stereocenters. The third-order valence-electron chi connectivity index (χ3n) is 5.55. The largest absolute Gasteiger partial charge is 0.381 e. The van der Waals surface area contributed by atoms with Crippen LogP contribution < -0.4 is 5.32 Å². The quantitative estimate of drug-likeness (QED) is 0.771. The highest BCUT2D eigenvalue weighted by Gasteiger charge is 2.32. The standard InChI is InChI=1S/C17H33N3O/c1-2-7-18-17(15-6-11-21-14-15)13-19-10-5-16(12-19)20-8-3-4-9-20/h15-18H,2-14H2,1H3. The number of rotatable bonds is 7. The smallest absolute Gasteiger partial charge is 0.0510 e. The van der Waals surface area contributed by atoms with Crippen LogP contribution in [0, 0.1) is 5.92 Å². The van der Waals surface area contributed by atoms with E-state index < -0.39 is 0 Å². The Balaban J connectivity index is 1.48. The average Bonchev–Trinajstić information content (AvgIpc) is 3.24. The predicted octanol–water partition coefficient (Wildman–Crippen LogP) is 1.56. The van der Waals surface area contributed by atoms with Gasteiger partial charge in [0, 0.05) is 37.7 Å². The van der Waals surface area contributed by atoms with Gasteiger partial charge in [0.2, 0.25) is 0 Å². The first-order valence-electron chi connectivity index (χ1n) is 9.14. The summed E-state index contributed by atoms with van der Waals surface area (Å²) in [5.41, 5.74) is 0. The summed E-state index contributed by atoms with van der Waals surface area (Å²) in [5, 5.41) is 3.79. The Morgan fingerprint density at radius 2 is 2.05 bits per heavy atom. The maximum absolute atomic E-state index is 5.62. The predicted molar refractivity (Wildman–Crippen MR) is 86.7 cm³/mol. The van der Waals surface area contributed by atoms with Crippen molar-refractivity contribution in [1.82, 2.24) is 15.1 Å². The summed E-state index contributed by atoms with van der Waals surface area (Å²) in [6, 6.07) is 1.46. The third kappa shape index (κ3) is 4.19. The van der Waals surface area contributed by atoms with Gasteiger partial charge >= 0.3 is 0 Å². The second-order valence-electron chi connectivity index (χ2n) is 7.13. The molecule has 3 aliphatic heterocycles. The molecule has 0 radical (unpaired) electrons. The Kier molecular flexibility index (Phi) is 5.92. The fraction of sp³-hybridized carbons (Fsp3) is 1.00. The topological polar surface area (TPSA) is 27.7 Å². The van der Waals surface area contributed by atoms with Crippen molar-refractivity contribution in [2.24, 2.45) is 5.92 Å². The molecule has 0 spiro atoms. The van der Waals surface area contributed by atoms with Gasteiger partial charge in [-0.05, 0) is 58.3 Å². The van der Waals surface area contributed by atoms with E-state index >= 15 is 0 Å². The molecule has 4 heteroatoms. The van der Waals surface area contributed by atoms with Gasteiger partial charge in [-0.3, -0.25) is 4.90 Å². The molecule has 3 unspecified atom stereocenters. The first-order chi connectivity index (χ1) is 10.4. The highest BCUT2D eigenvalue weighted by Crippen LogP contribution is 2.23. The molecule has 0 aromatic rings. The van der Waals surface area contributed by atoms with Gasteiger partial charge in [0.1, 0.15) is 0 Å². The fourth-order valence-electron chi connectivity index (χ4n) is 4.24. The molecule has 3 rings (SSSR count). The van der Waals surface area contributed by atoms with E-state index in [0.717, 1.165) is 31.7 Å². The molecule has 3 saturated heterocycles. The molecule has 122 valence electrons. The number of likely N-dealkylation sites (tertiary alicyclic amines) is 2. The second-order valence-corrected chi connectivity index (χ2v) is 7.13. The fourth-order valence-corrected chi connectivity index (χ4v) is 4.24. The molecule has 0 aromatic carbocycles. The van der Waals surface area contributed by atoms with Crippen molar-refractivity contribution in [3.63, 3.8) is 0 Å². The molecule has 0 aromatic heterocycles. The Morgan fingerprint density at radius 1 is 1.19 bits per heavy atom. The van der Waals surface area contributed by atoms with E-state index in [0.29, 0.717) is 6.04 Å². The zero-order chi connectivity index (χ0) is 14.5. The molecule has 3 heterocycles. The number of hydrogen-bond acceptors (Lipinski definition) is 4. The summed E-state index contributed by atoms with van der Waals surface area (Å²) in [6.07, 6.45) is 6.67. The average molecular weight is 295 g/mol. The van der Waals surface area contributed by atoms with Crippen LogP contribution in [0.1, 0.15) is 39.0 Å². The van der Waals surface area contributed by atoms with E-state index in [1.54, 1.807) is 0 Å². The number of nitrogens with zero attached hydrogens (tertiary/aromatic N) is 2. The monoisotopic (exact) mass is 295 g/mol. The molecule has 3 aliphatic rings. The van der Waals surface area contributed by atoms with E-state index in [2.05, 4.69) is 22.0 Å². The third-order valence-corrected chi connectivity index (χ3v) is 5.55. The highest BCUT2D eigenvalue weighted by atomic mass is 16.5. The van der Waals surface area contributed by atoms with Crippen LogP contribution in [0.4, 0.5) is 0 Å². The lowest BCUT2D eigenvalue weighted by Gasteiger charge is -2.29. The summed E-state index contributed by atoms with van der Waals surface area (Å²) in [7, 11) is 0. The Morgan fingerprint density at radius 3 is 2.76 bits per heavy atom. The van der Waals surface area contributed by atoms with Gasteiger partial charge < -0.3 is 15.0 Å². The number of hydrogen-bond donors (Lipinski definition) is 1. The first-order valence-corrected chi connectivity index (χ1v) is 9.14. The van der Waals surface area contributed by atoms with Gasteiger partial charge in [0.05, 0.1) is 6.61 Å². The lowest BCUT2D eigenvalue weighted by atomic mass is 9.98. The maximum atomic E-state index is 5.62. The van der Waals surface area contributed by atoms with Crippen molar-refractivity contribution in [3.05, 3.63) is 0 Å².